The summed E-state index contributed by atoms with van der Waals surface area (Å²) in [5.74, 6) is 0.185. The molecule has 0 atom stereocenters. The van der Waals surface area contributed by atoms with Gasteiger partial charge in [0.1, 0.15) is 17.4 Å². The van der Waals surface area contributed by atoms with Gasteiger partial charge in [-0.15, -0.1) is 11.3 Å². The average molecular weight is 459 g/mol. The summed E-state index contributed by atoms with van der Waals surface area (Å²) in [6.45, 7) is 4.56. The maximum absolute atomic E-state index is 12.3. The third-order valence-electron chi connectivity index (χ3n) is 4.56. The molecule has 0 fully saturated rings. The summed E-state index contributed by atoms with van der Waals surface area (Å²) in [7, 11) is 1.27. The Morgan fingerprint density at radius 1 is 1.16 bits per heavy atom. The first-order chi connectivity index (χ1) is 15.5. The highest BCUT2D eigenvalue weighted by Crippen LogP contribution is 2.27. The lowest BCUT2D eigenvalue weighted by molar-refractivity contribution is -0.144. The van der Waals surface area contributed by atoms with E-state index in [4.69, 9.17) is 18.9 Å². The molecule has 0 N–H and O–H groups in total. The van der Waals surface area contributed by atoms with Crippen LogP contribution in [0, 0.1) is 6.92 Å². The molecular weight excluding hydrogens is 432 g/mol. The number of carbonyl (C=O) groups excluding carboxylic acids is 2. The van der Waals surface area contributed by atoms with Crippen molar-refractivity contribution < 1.29 is 28.5 Å². The number of ether oxygens (including phenoxy) is 4. The zero-order valence-corrected chi connectivity index (χ0v) is 19.1. The molecule has 0 saturated heterocycles. The SMILES string of the molecule is CCOCCC(=O)OCN(C(=O)OC)c1ccc(OCc2nc3ccccc3s2)cc1C. The summed E-state index contributed by atoms with van der Waals surface area (Å²) in [5.41, 5.74) is 2.27. The molecule has 32 heavy (non-hydrogen) atoms. The van der Waals surface area contributed by atoms with Crippen LogP contribution >= 0.6 is 11.3 Å². The van der Waals surface area contributed by atoms with Gasteiger partial charge in [-0.25, -0.2) is 14.7 Å². The number of hydrogen-bond donors (Lipinski definition) is 0. The van der Waals surface area contributed by atoms with Crippen molar-refractivity contribution >= 4 is 39.3 Å². The van der Waals surface area contributed by atoms with E-state index in [2.05, 4.69) is 4.98 Å². The van der Waals surface area contributed by atoms with Gasteiger partial charge in [0, 0.05) is 6.61 Å². The molecule has 0 radical (unpaired) electrons. The number of benzene rings is 2. The lowest BCUT2D eigenvalue weighted by atomic mass is 10.2. The van der Waals surface area contributed by atoms with Gasteiger partial charge in [0.25, 0.3) is 0 Å². The van der Waals surface area contributed by atoms with Crippen molar-refractivity contribution in [2.24, 2.45) is 0 Å². The maximum Gasteiger partial charge on any atom is 0.416 e. The minimum Gasteiger partial charge on any atom is -0.486 e. The molecule has 3 aromatic rings. The molecule has 3 rings (SSSR count). The molecule has 0 bridgehead atoms. The smallest absolute Gasteiger partial charge is 0.416 e. The number of esters is 1. The first-order valence-electron chi connectivity index (χ1n) is 10.2. The van der Waals surface area contributed by atoms with Crippen LogP contribution in [-0.2, 0) is 25.6 Å². The number of fused-ring (bicyclic) bond motifs is 1. The molecule has 8 nitrogen and oxygen atoms in total. The third kappa shape index (κ3) is 6.18. The Kier molecular flexibility index (Phi) is 8.41. The largest absolute Gasteiger partial charge is 0.486 e. The van der Waals surface area contributed by atoms with E-state index in [1.807, 2.05) is 44.2 Å². The quantitative estimate of drug-likeness (QED) is 0.248. The predicted molar refractivity (Wildman–Crippen MR) is 122 cm³/mol. The number of rotatable bonds is 10. The first kappa shape index (κ1) is 23.5. The summed E-state index contributed by atoms with van der Waals surface area (Å²) in [6, 6.07) is 13.2. The number of hydrogen-bond acceptors (Lipinski definition) is 8. The van der Waals surface area contributed by atoms with Gasteiger partial charge in [-0.1, -0.05) is 12.1 Å². The number of methoxy groups -OCH3 is 1. The Balaban J connectivity index is 1.64. The Morgan fingerprint density at radius 2 is 1.97 bits per heavy atom. The fraction of sp³-hybridized carbons (Fsp3) is 0.348. The van der Waals surface area contributed by atoms with Crippen molar-refractivity contribution in [3.63, 3.8) is 0 Å². The van der Waals surface area contributed by atoms with Gasteiger partial charge >= 0.3 is 12.1 Å². The molecular formula is C23H26N2O6S. The van der Waals surface area contributed by atoms with Crippen LogP contribution < -0.4 is 9.64 Å². The molecule has 0 unspecified atom stereocenters. The van der Waals surface area contributed by atoms with Crippen LogP contribution in [0.3, 0.4) is 0 Å². The van der Waals surface area contributed by atoms with Crippen LogP contribution in [0.5, 0.6) is 5.75 Å². The molecule has 0 aliphatic rings. The van der Waals surface area contributed by atoms with Crippen LogP contribution in [-0.4, -0.2) is 44.1 Å². The molecule has 0 aliphatic carbocycles. The number of thiazole rings is 1. The lowest BCUT2D eigenvalue weighted by Crippen LogP contribution is -2.34. The zero-order valence-electron chi connectivity index (χ0n) is 18.3. The van der Waals surface area contributed by atoms with Crippen molar-refractivity contribution in [3.8, 4) is 5.75 Å². The number of nitrogens with zero attached hydrogens (tertiary/aromatic N) is 2. The third-order valence-corrected chi connectivity index (χ3v) is 5.57. The van der Waals surface area contributed by atoms with Crippen LogP contribution in [0.1, 0.15) is 23.9 Å². The Hall–Kier alpha value is -3.17. The normalized spacial score (nSPS) is 10.7. The first-order valence-corrected chi connectivity index (χ1v) is 11.0. The van der Waals surface area contributed by atoms with Gasteiger partial charge in [0.05, 0.1) is 36.0 Å². The molecule has 1 heterocycles. The van der Waals surface area contributed by atoms with Crippen molar-refractivity contribution in [1.29, 1.82) is 0 Å². The zero-order chi connectivity index (χ0) is 22.9. The van der Waals surface area contributed by atoms with E-state index in [0.29, 0.717) is 24.7 Å². The molecule has 9 heteroatoms. The second kappa shape index (κ2) is 11.4. The summed E-state index contributed by atoms with van der Waals surface area (Å²) < 4.78 is 22.2. The van der Waals surface area contributed by atoms with E-state index in [0.717, 1.165) is 20.8 Å². The van der Waals surface area contributed by atoms with Crippen LogP contribution in [0.25, 0.3) is 10.2 Å². The fourth-order valence-corrected chi connectivity index (χ4v) is 3.87. The highest BCUT2D eigenvalue weighted by molar-refractivity contribution is 7.18. The standard InChI is InChI=1S/C23H26N2O6S/c1-4-29-12-11-22(26)31-15-25(23(27)28-3)19-10-9-17(13-16(19)2)30-14-21-24-18-7-5-6-8-20(18)32-21/h5-10,13H,4,11-12,14-15H2,1-3H3. The van der Waals surface area contributed by atoms with E-state index < -0.39 is 12.1 Å². The highest BCUT2D eigenvalue weighted by atomic mass is 32.1. The van der Waals surface area contributed by atoms with Crippen LogP contribution in [0.2, 0.25) is 0 Å². The van der Waals surface area contributed by atoms with E-state index in [-0.39, 0.29) is 19.8 Å². The van der Waals surface area contributed by atoms with E-state index in [9.17, 15) is 9.59 Å². The molecule has 0 spiro atoms. The average Bonchev–Trinajstić information content (AvgIpc) is 3.22. The van der Waals surface area contributed by atoms with E-state index >= 15 is 0 Å². The van der Waals surface area contributed by atoms with Gasteiger partial charge in [0.2, 0.25) is 0 Å². The highest BCUT2D eigenvalue weighted by Gasteiger charge is 2.20. The van der Waals surface area contributed by atoms with Gasteiger partial charge in [-0.2, -0.15) is 0 Å². The number of carbonyl (C=O) groups is 2. The molecule has 170 valence electrons. The molecule has 2 aromatic carbocycles. The number of amides is 1. The van der Waals surface area contributed by atoms with Crippen molar-refractivity contribution in [2.75, 3.05) is 32.0 Å². The van der Waals surface area contributed by atoms with Crippen LogP contribution in [0.15, 0.2) is 42.5 Å². The number of aryl methyl sites for hydroxylation is 1. The second-order valence-corrected chi connectivity index (χ2v) is 7.92. The van der Waals surface area contributed by atoms with Gasteiger partial charge < -0.3 is 18.9 Å². The second-order valence-electron chi connectivity index (χ2n) is 6.80. The minimum absolute atomic E-state index is 0.111. The van der Waals surface area contributed by atoms with E-state index in [1.54, 1.807) is 23.5 Å². The Bertz CT molecular complexity index is 1030. The van der Waals surface area contributed by atoms with Gasteiger partial charge in [0.15, 0.2) is 6.73 Å². The number of para-hydroxylation sites is 1. The minimum atomic E-state index is -0.631. The maximum atomic E-state index is 12.3. The topological polar surface area (TPSA) is 87.2 Å². The Labute approximate surface area is 190 Å². The number of aromatic nitrogens is 1. The van der Waals surface area contributed by atoms with E-state index in [1.165, 1.54) is 12.0 Å². The van der Waals surface area contributed by atoms with Gasteiger partial charge in [-0.3, -0.25) is 4.79 Å². The summed E-state index contributed by atoms with van der Waals surface area (Å²) in [5, 5.41) is 0.878. The molecule has 1 amide bonds. The molecule has 1 aromatic heterocycles. The summed E-state index contributed by atoms with van der Waals surface area (Å²) in [4.78, 5) is 30.0. The number of anilines is 1. The van der Waals surface area contributed by atoms with Crippen molar-refractivity contribution in [3.05, 3.63) is 53.0 Å². The van der Waals surface area contributed by atoms with Gasteiger partial charge in [-0.05, 0) is 49.7 Å². The summed E-state index contributed by atoms with van der Waals surface area (Å²) in [6.07, 6.45) is -0.519. The predicted octanol–water partition coefficient (Wildman–Crippen LogP) is 4.68. The molecule has 0 saturated carbocycles. The van der Waals surface area contributed by atoms with Crippen molar-refractivity contribution in [1.82, 2.24) is 4.98 Å². The summed E-state index contributed by atoms with van der Waals surface area (Å²) >= 11 is 1.59. The molecule has 0 aliphatic heterocycles. The lowest BCUT2D eigenvalue weighted by Gasteiger charge is -2.23. The Morgan fingerprint density at radius 3 is 2.69 bits per heavy atom. The fourth-order valence-electron chi connectivity index (χ4n) is 2.99. The van der Waals surface area contributed by atoms with Crippen LogP contribution in [0.4, 0.5) is 10.5 Å². The van der Waals surface area contributed by atoms with Crippen molar-refractivity contribution in [2.45, 2.75) is 26.9 Å². The monoisotopic (exact) mass is 458 g/mol.